The first-order chi connectivity index (χ1) is 17.6. The minimum atomic E-state index is -0.0746. The second-order valence-corrected chi connectivity index (χ2v) is 11.3. The van der Waals surface area contributed by atoms with Crippen LogP contribution in [-0.4, -0.2) is 24.1 Å². The first-order valence-electron chi connectivity index (χ1n) is 15.0. The van der Waals surface area contributed by atoms with Crippen molar-refractivity contribution in [1.29, 1.82) is 0 Å². The summed E-state index contributed by atoms with van der Waals surface area (Å²) in [5.74, 6) is 0.893. The summed E-state index contributed by atoms with van der Waals surface area (Å²) in [6.45, 7) is 7.16. The lowest BCUT2D eigenvalue weighted by Crippen LogP contribution is -2.24. The topological polar surface area (TPSA) is 58.2 Å². The van der Waals surface area contributed by atoms with Crippen LogP contribution in [-0.2, 0) is 4.79 Å². The van der Waals surface area contributed by atoms with Crippen LogP contribution in [0, 0.1) is 0 Å². The molecule has 0 spiro atoms. The maximum absolute atomic E-state index is 12.6. The highest BCUT2D eigenvalue weighted by Gasteiger charge is 2.12. The van der Waals surface area contributed by atoms with Crippen molar-refractivity contribution in [2.24, 2.45) is 0 Å². The van der Waals surface area contributed by atoms with Crippen LogP contribution >= 0.6 is 11.8 Å². The lowest BCUT2D eigenvalue weighted by Gasteiger charge is -2.13. The number of carbonyl (C=O) groups excluding carboxylic acids is 2. The van der Waals surface area contributed by atoms with Gasteiger partial charge < -0.3 is 10.6 Å². The third-order valence-electron chi connectivity index (χ3n) is 6.64. The summed E-state index contributed by atoms with van der Waals surface area (Å²) in [6.07, 6.45) is 22.4. The molecule has 0 saturated heterocycles. The Kier molecular flexibility index (Phi) is 20.5. The van der Waals surface area contributed by atoms with Crippen LogP contribution < -0.4 is 10.6 Å². The van der Waals surface area contributed by atoms with Crippen LogP contribution in [0.3, 0.4) is 0 Å². The molecular formula is C31H54N2O2S. The molecule has 0 fully saturated rings. The van der Waals surface area contributed by atoms with Gasteiger partial charge in [0.25, 0.3) is 5.91 Å². The smallest absolute Gasteiger partial charge is 0.251 e. The highest BCUT2D eigenvalue weighted by atomic mass is 32.2. The van der Waals surface area contributed by atoms with Crippen LogP contribution in [0.2, 0.25) is 0 Å². The molecule has 0 unspecified atom stereocenters. The van der Waals surface area contributed by atoms with Gasteiger partial charge in [-0.25, -0.2) is 0 Å². The van der Waals surface area contributed by atoms with Gasteiger partial charge in [0.2, 0.25) is 5.91 Å². The number of amides is 2. The number of carbonyl (C=O) groups is 2. The van der Waals surface area contributed by atoms with Crippen molar-refractivity contribution in [1.82, 2.24) is 5.32 Å². The predicted octanol–water partition coefficient (Wildman–Crippen LogP) is 9.53. The van der Waals surface area contributed by atoms with Crippen LogP contribution in [0.4, 0.5) is 5.69 Å². The fourth-order valence-electron chi connectivity index (χ4n) is 4.40. The molecule has 1 rings (SSSR count). The Morgan fingerprint density at radius 3 is 1.75 bits per heavy atom. The second kappa shape index (κ2) is 22.7. The first-order valence-corrected chi connectivity index (χ1v) is 16.0. The van der Waals surface area contributed by atoms with Crippen LogP contribution in [0.1, 0.15) is 147 Å². The Morgan fingerprint density at radius 1 is 0.694 bits per heavy atom. The third kappa shape index (κ3) is 16.3. The van der Waals surface area contributed by atoms with Crippen molar-refractivity contribution in [3.05, 3.63) is 23.8 Å². The summed E-state index contributed by atoms with van der Waals surface area (Å²) in [6, 6.07) is 5.62. The summed E-state index contributed by atoms with van der Waals surface area (Å²) in [5.41, 5.74) is 1.37. The number of anilines is 1. The van der Waals surface area contributed by atoms with E-state index < -0.39 is 0 Å². The summed E-state index contributed by atoms with van der Waals surface area (Å²) < 4.78 is 0. The quantitative estimate of drug-likeness (QED) is 0.112. The van der Waals surface area contributed by atoms with E-state index in [0.717, 1.165) is 42.0 Å². The predicted molar refractivity (Wildman–Crippen MR) is 158 cm³/mol. The van der Waals surface area contributed by atoms with E-state index >= 15 is 0 Å². The van der Waals surface area contributed by atoms with Gasteiger partial charge in [0.1, 0.15) is 0 Å². The van der Waals surface area contributed by atoms with Gasteiger partial charge >= 0.3 is 0 Å². The van der Waals surface area contributed by atoms with Crippen molar-refractivity contribution < 1.29 is 9.59 Å². The molecule has 0 aromatic heterocycles. The Balaban J connectivity index is 2.19. The van der Waals surface area contributed by atoms with E-state index in [9.17, 15) is 9.59 Å². The first kappa shape index (κ1) is 32.5. The largest absolute Gasteiger partial charge is 0.352 e. The van der Waals surface area contributed by atoms with Gasteiger partial charge in [-0.3, -0.25) is 9.59 Å². The van der Waals surface area contributed by atoms with Crippen LogP contribution in [0.5, 0.6) is 0 Å². The normalized spacial score (nSPS) is 11.0. The highest BCUT2D eigenvalue weighted by molar-refractivity contribution is 7.99. The Bertz CT molecular complexity index is 708. The van der Waals surface area contributed by atoms with Crippen molar-refractivity contribution >= 4 is 29.3 Å². The Morgan fingerprint density at radius 2 is 1.22 bits per heavy atom. The molecule has 0 bridgehead atoms. The second-order valence-electron chi connectivity index (χ2n) is 10.0. The standard InChI is InChI=1S/C31H54N2O2S/c1-4-7-9-10-11-12-13-14-15-16-17-18-19-20-21-22-30(34)33-28-26-27(23-24-29(28)36-6-3)31(35)32-25-8-5-2/h23-24,26H,4-22,25H2,1-3H3,(H,32,35)(H,33,34). The molecule has 0 aliphatic rings. The summed E-state index contributed by atoms with van der Waals surface area (Å²) in [5, 5.41) is 6.02. The Labute approximate surface area is 226 Å². The van der Waals surface area contributed by atoms with Crippen molar-refractivity contribution in [3.63, 3.8) is 0 Å². The number of unbranched alkanes of at least 4 members (excludes halogenated alkanes) is 15. The molecule has 5 heteroatoms. The van der Waals surface area contributed by atoms with Gasteiger partial charge in [-0.2, -0.15) is 0 Å². The molecule has 0 atom stereocenters. The Hall–Kier alpha value is -1.49. The molecule has 0 saturated carbocycles. The van der Waals surface area contributed by atoms with Gasteiger partial charge in [-0.05, 0) is 36.8 Å². The minimum absolute atomic E-state index is 0.0474. The molecule has 1 aromatic carbocycles. The van der Waals surface area contributed by atoms with Crippen molar-refractivity contribution in [2.45, 2.75) is 141 Å². The van der Waals surface area contributed by atoms with E-state index in [2.05, 4.69) is 31.4 Å². The number of hydrogen-bond donors (Lipinski definition) is 2. The average molecular weight is 519 g/mol. The minimum Gasteiger partial charge on any atom is -0.352 e. The lowest BCUT2D eigenvalue weighted by molar-refractivity contribution is -0.116. The molecule has 36 heavy (non-hydrogen) atoms. The number of rotatable bonds is 23. The van der Waals surface area contributed by atoms with E-state index in [0.29, 0.717) is 18.5 Å². The molecule has 0 radical (unpaired) electrons. The lowest BCUT2D eigenvalue weighted by atomic mass is 10.0. The third-order valence-corrected chi connectivity index (χ3v) is 7.59. The van der Waals surface area contributed by atoms with E-state index in [4.69, 9.17) is 0 Å². The van der Waals surface area contributed by atoms with E-state index in [-0.39, 0.29) is 11.8 Å². The molecule has 0 aliphatic carbocycles. The molecule has 1 aromatic rings. The zero-order chi connectivity index (χ0) is 26.3. The highest BCUT2D eigenvalue weighted by Crippen LogP contribution is 2.28. The number of hydrogen-bond acceptors (Lipinski definition) is 3. The molecular weight excluding hydrogens is 464 g/mol. The van der Waals surface area contributed by atoms with Crippen LogP contribution in [0.15, 0.2) is 23.1 Å². The molecule has 0 aliphatic heterocycles. The molecule has 4 nitrogen and oxygen atoms in total. The zero-order valence-electron chi connectivity index (χ0n) is 23.6. The summed E-state index contributed by atoms with van der Waals surface area (Å²) in [4.78, 5) is 26.0. The maximum Gasteiger partial charge on any atom is 0.251 e. The molecule has 2 amide bonds. The summed E-state index contributed by atoms with van der Waals surface area (Å²) >= 11 is 1.69. The van der Waals surface area contributed by atoms with E-state index in [1.165, 1.54) is 83.5 Å². The fourth-order valence-corrected chi connectivity index (χ4v) is 5.14. The van der Waals surface area contributed by atoms with Gasteiger partial charge in [0.05, 0.1) is 5.69 Å². The van der Waals surface area contributed by atoms with Crippen molar-refractivity contribution in [2.75, 3.05) is 17.6 Å². The molecule has 0 heterocycles. The summed E-state index contributed by atoms with van der Waals surface area (Å²) in [7, 11) is 0. The average Bonchev–Trinajstić information content (AvgIpc) is 2.87. The van der Waals surface area contributed by atoms with Gasteiger partial charge in [-0.15, -0.1) is 11.8 Å². The van der Waals surface area contributed by atoms with Gasteiger partial charge in [-0.1, -0.05) is 117 Å². The SMILES string of the molecule is CCCCCCCCCCCCCCCCCC(=O)Nc1cc(C(=O)NCCCC)ccc1SCC. The molecule has 206 valence electrons. The van der Waals surface area contributed by atoms with E-state index in [1.807, 2.05) is 18.2 Å². The van der Waals surface area contributed by atoms with Crippen LogP contribution in [0.25, 0.3) is 0 Å². The van der Waals surface area contributed by atoms with Gasteiger partial charge in [0.15, 0.2) is 0 Å². The monoisotopic (exact) mass is 518 g/mol. The number of thioether (sulfide) groups is 1. The van der Waals surface area contributed by atoms with Crippen molar-refractivity contribution in [3.8, 4) is 0 Å². The molecule has 2 N–H and O–H groups in total. The fraction of sp³-hybridized carbons (Fsp3) is 0.742. The van der Waals surface area contributed by atoms with Gasteiger partial charge in [0, 0.05) is 23.4 Å². The zero-order valence-corrected chi connectivity index (χ0v) is 24.4. The maximum atomic E-state index is 12.6. The number of benzene rings is 1. The van der Waals surface area contributed by atoms with E-state index in [1.54, 1.807) is 11.8 Å². The number of nitrogens with one attached hydrogen (secondary N) is 2.